The van der Waals surface area contributed by atoms with Gasteiger partial charge < -0.3 is 15.4 Å². The van der Waals surface area contributed by atoms with Gasteiger partial charge in [-0.25, -0.2) is 4.79 Å². The van der Waals surface area contributed by atoms with Gasteiger partial charge in [0, 0.05) is 5.02 Å². The first-order valence-corrected chi connectivity index (χ1v) is 8.11. The zero-order valence-corrected chi connectivity index (χ0v) is 15.0. The van der Waals surface area contributed by atoms with E-state index in [9.17, 15) is 9.59 Å². The first kappa shape index (κ1) is 19.3. The first-order chi connectivity index (χ1) is 10.7. The molecule has 0 radical (unpaired) electrons. The summed E-state index contributed by atoms with van der Waals surface area (Å²) >= 11 is 5.86. The number of hydrogen-bond donors (Lipinski definition) is 2. The summed E-state index contributed by atoms with van der Waals surface area (Å²) in [5.41, 5.74) is 0.940. The second kappa shape index (κ2) is 8.77. The second-order valence-electron chi connectivity index (χ2n) is 6.10. The Kier molecular flexibility index (Phi) is 7.36. The molecule has 0 saturated carbocycles. The number of benzene rings is 1. The van der Waals surface area contributed by atoms with Crippen LogP contribution < -0.4 is 10.6 Å². The molecule has 128 valence electrons. The van der Waals surface area contributed by atoms with Crippen molar-refractivity contribution >= 4 is 23.6 Å². The highest BCUT2D eigenvalue weighted by Gasteiger charge is 2.26. The predicted octanol–water partition coefficient (Wildman–Crippen LogP) is 3.68. The molecule has 1 aromatic rings. The van der Waals surface area contributed by atoms with Crippen molar-refractivity contribution in [3.8, 4) is 0 Å². The number of rotatable bonds is 6. The fourth-order valence-electron chi connectivity index (χ4n) is 2.05. The summed E-state index contributed by atoms with van der Waals surface area (Å²) in [7, 11) is 0. The monoisotopic (exact) mass is 340 g/mol. The van der Waals surface area contributed by atoms with Crippen LogP contribution in [0.4, 0.5) is 4.79 Å². The van der Waals surface area contributed by atoms with E-state index in [0.29, 0.717) is 5.02 Å². The van der Waals surface area contributed by atoms with Gasteiger partial charge >= 0.3 is 6.09 Å². The molecule has 1 rings (SSSR count). The number of carbonyl (C=O) groups excluding carboxylic acids is 2. The normalized spacial score (nSPS) is 13.6. The molecule has 0 aliphatic heterocycles. The van der Waals surface area contributed by atoms with E-state index < -0.39 is 12.1 Å². The van der Waals surface area contributed by atoms with Gasteiger partial charge in [-0.05, 0) is 44.4 Å². The van der Waals surface area contributed by atoms with E-state index in [2.05, 4.69) is 10.6 Å². The second-order valence-corrected chi connectivity index (χ2v) is 6.54. The lowest BCUT2D eigenvalue weighted by atomic mass is 10.0. The molecule has 0 heterocycles. The molecule has 0 aliphatic rings. The smallest absolute Gasteiger partial charge is 0.408 e. The van der Waals surface area contributed by atoms with E-state index in [1.54, 1.807) is 26.0 Å². The van der Waals surface area contributed by atoms with Gasteiger partial charge in [-0.2, -0.15) is 0 Å². The lowest BCUT2D eigenvalue weighted by Gasteiger charge is -2.24. The van der Waals surface area contributed by atoms with Gasteiger partial charge in [0.25, 0.3) is 0 Å². The van der Waals surface area contributed by atoms with E-state index in [1.807, 2.05) is 32.9 Å². The van der Waals surface area contributed by atoms with Crippen LogP contribution in [0.5, 0.6) is 0 Å². The van der Waals surface area contributed by atoms with Crippen LogP contribution in [0.1, 0.15) is 46.2 Å². The van der Waals surface area contributed by atoms with Crippen molar-refractivity contribution in [1.29, 1.82) is 0 Å². The van der Waals surface area contributed by atoms with Gasteiger partial charge in [-0.15, -0.1) is 0 Å². The number of alkyl carbamates (subject to hydrolysis) is 1. The minimum absolute atomic E-state index is 0.0628. The zero-order valence-electron chi connectivity index (χ0n) is 14.2. The standard InChI is InChI=1S/C17H25ClN2O3/c1-10(2)15(20-17(22)23-11(3)4)16(21)19-12(5)13-6-8-14(18)9-7-13/h6-12,15H,1-5H3,(H,19,21)(H,20,22)/t12-,15+/m1/s1. The molecule has 0 fully saturated rings. The van der Waals surface area contributed by atoms with E-state index >= 15 is 0 Å². The van der Waals surface area contributed by atoms with Crippen LogP contribution in [0.25, 0.3) is 0 Å². The zero-order chi connectivity index (χ0) is 17.6. The molecular formula is C17H25ClN2O3. The van der Waals surface area contributed by atoms with Gasteiger partial charge in [0.15, 0.2) is 0 Å². The average molecular weight is 341 g/mol. The summed E-state index contributed by atoms with van der Waals surface area (Å²) in [6, 6.07) is 6.42. The Labute approximate surface area is 142 Å². The third-order valence-electron chi connectivity index (χ3n) is 3.29. The number of halogens is 1. The molecule has 0 unspecified atom stereocenters. The lowest BCUT2D eigenvalue weighted by molar-refractivity contribution is -0.124. The molecule has 0 aromatic heterocycles. The summed E-state index contributed by atoms with van der Waals surface area (Å²) in [6.45, 7) is 9.13. The Bertz CT molecular complexity index is 529. The van der Waals surface area contributed by atoms with Crippen LogP contribution in [0, 0.1) is 5.92 Å². The molecule has 5 nitrogen and oxygen atoms in total. The molecule has 0 spiro atoms. The molecule has 0 saturated heterocycles. The van der Waals surface area contributed by atoms with Gasteiger partial charge in [-0.1, -0.05) is 37.6 Å². The maximum atomic E-state index is 12.4. The van der Waals surface area contributed by atoms with Crippen molar-refractivity contribution in [3.63, 3.8) is 0 Å². The van der Waals surface area contributed by atoms with Crippen molar-refractivity contribution in [2.75, 3.05) is 0 Å². The van der Waals surface area contributed by atoms with Crippen LogP contribution in [0.3, 0.4) is 0 Å². The number of ether oxygens (including phenoxy) is 1. The Balaban J connectivity index is 2.70. The van der Waals surface area contributed by atoms with E-state index in [1.165, 1.54) is 0 Å². The minimum Gasteiger partial charge on any atom is -0.447 e. The Morgan fingerprint density at radius 1 is 1.00 bits per heavy atom. The predicted molar refractivity (Wildman–Crippen MR) is 91.4 cm³/mol. The average Bonchev–Trinajstić information content (AvgIpc) is 2.44. The molecule has 2 N–H and O–H groups in total. The topological polar surface area (TPSA) is 67.4 Å². The SMILES string of the molecule is CC(C)OC(=O)N[C@H](C(=O)N[C@H](C)c1ccc(Cl)cc1)C(C)C. The van der Waals surface area contributed by atoms with Crippen molar-refractivity contribution in [2.24, 2.45) is 5.92 Å². The molecular weight excluding hydrogens is 316 g/mol. The highest BCUT2D eigenvalue weighted by Crippen LogP contribution is 2.16. The summed E-state index contributed by atoms with van der Waals surface area (Å²) in [4.78, 5) is 24.2. The van der Waals surface area contributed by atoms with Crippen LogP contribution >= 0.6 is 11.6 Å². The molecule has 1 aromatic carbocycles. The maximum Gasteiger partial charge on any atom is 0.408 e. The summed E-state index contributed by atoms with van der Waals surface area (Å²) in [6.07, 6.45) is -0.827. The quantitative estimate of drug-likeness (QED) is 0.830. The van der Waals surface area contributed by atoms with Crippen LogP contribution in [-0.4, -0.2) is 24.1 Å². The largest absolute Gasteiger partial charge is 0.447 e. The van der Waals surface area contributed by atoms with Gasteiger partial charge in [0.1, 0.15) is 6.04 Å². The number of carbonyl (C=O) groups is 2. The van der Waals surface area contributed by atoms with E-state index in [-0.39, 0.29) is 24.0 Å². The fraction of sp³-hybridized carbons (Fsp3) is 0.529. The van der Waals surface area contributed by atoms with Gasteiger partial charge in [-0.3, -0.25) is 4.79 Å². The third-order valence-corrected chi connectivity index (χ3v) is 3.55. The Morgan fingerprint density at radius 3 is 2.04 bits per heavy atom. The molecule has 23 heavy (non-hydrogen) atoms. The highest BCUT2D eigenvalue weighted by molar-refractivity contribution is 6.30. The molecule has 0 aliphatic carbocycles. The van der Waals surface area contributed by atoms with Crippen LogP contribution in [-0.2, 0) is 9.53 Å². The molecule has 0 bridgehead atoms. The van der Waals surface area contributed by atoms with Crippen LogP contribution in [0.15, 0.2) is 24.3 Å². The van der Waals surface area contributed by atoms with Gasteiger partial charge in [0.2, 0.25) is 5.91 Å². The van der Waals surface area contributed by atoms with E-state index in [4.69, 9.17) is 16.3 Å². The van der Waals surface area contributed by atoms with Gasteiger partial charge in [0.05, 0.1) is 12.1 Å². The number of nitrogens with one attached hydrogen (secondary N) is 2. The summed E-state index contributed by atoms with van der Waals surface area (Å²) in [5, 5.41) is 6.17. The number of hydrogen-bond acceptors (Lipinski definition) is 3. The van der Waals surface area contributed by atoms with Crippen LogP contribution in [0.2, 0.25) is 5.02 Å². The van der Waals surface area contributed by atoms with Crippen molar-refractivity contribution in [1.82, 2.24) is 10.6 Å². The fourth-order valence-corrected chi connectivity index (χ4v) is 2.17. The highest BCUT2D eigenvalue weighted by atomic mass is 35.5. The Morgan fingerprint density at radius 2 is 1.57 bits per heavy atom. The summed E-state index contributed by atoms with van der Waals surface area (Å²) < 4.78 is 5.04. The molecule has 6 heteroatoms. The first-order valence-electron chi connectivity index (χ1n) is 7.73. The third kappa shape index (κ3) is 6.48. The number of amides is 2. The maximum absolute atomic E-state index is 12.4. The van der Waals surface area contributed by atoms with E-state index in [0.717, 1.165) is 5.56 Å². The molecule has 2 atom stereocenters. The minimum atomic E-state index is -0.656. The lowest BCUT2D eigenvalue weighted by Crippen LogP contribution is -2.50. The molecule has 2 amide bonds. The van der Waals surface area contributed by atoms with Crippen molar-refractivity contribution in [3.05, 3.63) is 34.9 Å². The van der Waals surface area contributed by atoms with Crippen molar-refractivity contribution < 1.29 is 14.3 Å². The van der Waals surface area contributed by atoms with Crippen molar-refractivity contribution in [2.45, 2.75) is 52.8 Å². The summed E-state index contributed by atoms with van der Waals surface area (Å²) in [5.74, 6) is -0.310. The Hall–Kier alpha value is -1.75.